The van der Waals surface area contributed by atoms with Crippen LogP contribution in [-0.2, 0) is 9.59 Å². The summed E-state index contributed by atoms with van der Waals surface area (Å²) < 4.78 is 13.4. The van der Waals surface area contributed by atoms with Gasteiger partial charge < -0.3 is 10.0 Å². The van der Waals surface area contributed by atoms with E-state index in [1.54, 1.807) is 0 Å². The first kappa shape index (κ1) is 15.2. The van der Waals surface area contributed by atoms with Crippen molar-refractivity contribution < 1.29 is 19.1 Å². The first-order valence-corrected chi connectivity index (χ1v) is 5.84. The summed E-state index contributed by atoms with van der Waals surface area (Å²) in [5, 5.41) is 8.95. The van der Waals surface area contributed by atoms with Gasteiger partial charge in [-0.05, 0) is 25.1 Å². The summed E-state index contributed by atoms with van der Waals surface area (Å²) in [6.45, 7) is 1.38. The number of carboxylic acids is 1. The number of aliphatic carboxylic acids is 1. The second-order valence-corrected chi connectivity index (χ2v) is 4.34. The van der Waals surface area contributed by atoms with E-state index in [-0.39, 0.29) is 10.6 Å². The normalized spacial score (nSPS) is 12.4. The Hall–Kier alpha value is -1.88. The van der Waals surface area contributed by atoms with Gasteiger partial charge >= 0.3 is 5.97 Å². The summed E-state index contributed by atoms with van der Waals surface area (Å²) in [5.74, 6) is -2.21. The smallest absolute Gasteiger partial charge is 0.326 e. The highest BCUT2D eigenvalue weighted by Crippen LogP contribution is 2.20. The van der Waals surface area contributed by atoms with Gasteiger partial charge in [0.15, 0.2) is 0 Å². The number of halogens is 2. The van der Waals surface area contributed by atoms with Crippen LogP contribution in [0.25, 0.3) is 6.08 Å². The lowest BCUT2D eigenvalue weighted by Gasteiger charge is -2.19. The molecule has 0 spiro atoms. The number of carbonyl (C=O) groups is 2. The molecule has 19 heavy (non-hydrogen) atoms. The molecule has 0 aliphatic heterocycles. The molecule has 0 radical (unpaired) electrons. The number of hydrogen-bond acceptors (Lipinski definition) is 2. The molecule has 4 nitrogen and oxygen atoms in total. The van der Waals surface area contributed by atoms with Crippen molar-refractivity contribution in [1.82, 2.24) is 4.90 Å². The van der Waals surface area contributed by atoms with E-state index in [1.165, 1.54) is 38.2 Å². The summed E-state index contributed by atoms with van der Waals surface area (Å²) in [5.41, 5.74) is 0.0916. The van der Waals surface area contributed by atoms with Crippen molar-refractivity contribution in [3.8, 4) is 0 Å². The Morgan fingerprint density at radius 2 is 2.11 bits per heavy atom. The number of carboxylic acid groups (broad SMARTS) is 1. The van der Waals surface area contributed by atoms with Crippen LogP contribution in [0.2, 0.25) is 5.02 Å². The fraction of sp³-hybridized carbons (Fsp3) is 0.231. The van der Waals surface area contributed by atoms with Gasteiger partial charge in [-0.1, -0.05) is 17.7 Å². The average molecular weight is 286 g/mol. The SMILES string of the molecule is CC(C(=O)O)N(C)C(=O)C=Cc1c(F)cccc1Cl. The largest absolute Gasteiger partial charge is 0.480 e. The highest BCUT2D eigenvalue weighted by molar-refractivity contribution is 6.32. The predicted molar refractivity (Wildman–Crippen MR) is 70.3 cm³/mol. The zero-order valence-electron chi connectivity index (χ0n) is 10.4. The van der Waals surface area contributed by atoms with Crippen molar-refractivity contribution in [2.24, 2.45) is 0 Å². The van der Waals surface area contributed by atoms with Crippen LogP contribution in [0.1, 0.15) is 12.5 Å². The molecule has 0 aromatic heterocycles. The summed E-state index contributed by atoms with van der Waals surface area (Å²) in [6, 6.07) is 3.21. The number of benzene rings is 1. The summed E-state index contributed by atoms with van der Waals surface area (Å²) >= 11 is 5.80. The van der Waals surface area contributed by atoms with Crippen LogP contribution in [0.15, 0.2) is 24.3 Å². The van der Waals surface area contributed by atoms with Gasteiger partial charge in [0, 0.05) is 18.7 Å². The van der Waals surface area contributed by atoms with E-state index in [1.807, 2.05) is 0 Å². The van der Waals surface area contributed by atoms with Crippen molar-refractivity contribution in [2.75, 3.05) is 7.05 Å². The topological polar surface area (TPSA) is 57.6 Å². The Bertz CT molecular complexity index is 510. The second-order valence-electron chi connectivity index (χ2n) is 3.93. The maximum Gasteiger partial charge on any atom is 0.326 e. The molecular formula is C13H13ClFNO3. The second kappa shape index (κ2) is 6.33. The molecule has 0 heterocycles. The molecule has 0 aliphatic rings. The van der Waals surface area contributed by atoms with E-state index < -0.39 is 23.7 Å². The lowest BCUT2D eigenvalue weighted by Crippen LogP contribution is -2.39. The number of likely N-dealkylation sites (N-methyl/N-ethyl adjacent to an activating group) is 1. The molecule has 1 unspecified atom stereocenters. The number of amides is 1. The van der Waals surface area contributed by atoms with Crippen molar-refractivity contribution in [2.45, 2.75) is 13.0 Å². The minimum atomic E-state index is -1.12. The number of rotatable bonds is 4. The van der Waals surface area contributed by atoms with Gasteiger partial charge in [0.1, 0.15) is 11.9 Å². The standard InChI is InChI=1S/C13H13ClFNO3/c1-8(13(18)19)16(2)12(17)7-6-9-10(14)4-3-5-11(9)15/h3-8H,1-2H3,(H,18,19). The Morgan fingerprint density at radius 3 is 2.63 bits per heavy atom. The maximum atomic E-state index is 13.4. The first-order chi connectivity index (χ1) is 8.84. The lowest BCUT2D eigenvalue weighted by atomic mass is 10.2. The quantitative estimate of drug-likeness (QED) is 0.865. The van der Waals surface area contributed by atoms with Crippen LogP contribution in [-0.4, -0.2) is 35.0 Å². The third-order valence-corrected chi connectivity index (χ3v) is 3.01. The van der Waals surface area contributed by atoms with E-state index in [9.17, 15) is 14.0 Å². The molecule has 0 saturated heterocycles. The third-order valence-electron chi connectivity index (χ3n) is 2.68. The molecule has 1 aromatic rings. The molecule has 1 atom stereocenters. The third kappa shape index (κ3) is 3.79. The highest BCUT2D eigenvalue weighted by Gasteiger charge is 2.19. The van der Waals surface area contributed by atoms with Gasteiger partial charge in [-0.3, -0.25) is 4.79 Å². The molecule has 6 heteroatoms. The molecule has 0 saturated carbocycles. The molecule has 1 rings (SSSR count). The minimum absolute atomic E-state index is 0.0916. The summed E-state index contributed by atoms with van der Waals surface area (Å²) in [7, 11) is 1.36. The van der Waals surface area contributed by atoms with Crippen molar-refractivity contribution in [3.63, 3.8) is 0 Å². The molecule has 102 valence electrons. The Kier molecular flexibility index (Phi) is 5.06. The van der Waals surface area contributed by atoms with E-state index >= 15 is 0 Å². The number of carbonyl (C=O) groups excluding carboxylic acids is 1. The maximum absolute atomic E-state index is 13.4. The molecule has 1 amide bonds. The molecule has 0 fully saturated rings. The van der Waals surface area contributed by atoms with E-state index in [4.69, 9.17) is 16.7 Å². The summed E-state index contributed by atoms with van der Waals surface area (Å²) in [6.07, 6.45) is 2.31. The zero-order chi connectivity index (χ0) is 14.6. The molecule has 1 N–H and O–H groups in total. The number of nitrogens with zero attached hydrogens (tertiary/aromatic N) is 1. The minimum Gasteiger partial charge on any atom is -0.480 e. The van der Waals surface area contributed by atoms with E-state index in [0.717, 1.165) is 11.0 Å². The molecule has 0 bridgehead atoms. The van der Waals surface area contributed by atoms with Gasteiger partial charge in [0.25, 0.3) is 0 Å². The van der Waals surface area contributed by atoms with Crippen molar-refractivity contribution in [1.29, 1.82) is 0 Å². The molecular weight excluding hydrogens is 273 g/mol. The van der Waals surface area contributed by atoms with Gasteiger partial charge in [-0.25, -0.2) is 9.18 Å². The predicted octanol–water partition coefficient (Wildman–Crippen LogP) is 2.42. The van der Waals surface area contributed by atoms with Crippen LogP contribution in [0.3, 0.4) is 0 Å². The Labute approximate surface area is 115 Å². The monoisotopic (exact) mass is 285 g/mol. The lowest BCUT2D eigenvalue weighted by molar-refractivity contribution is -0.146. The van der Waals surface area contributed by atoms with Crippen LogP contribution in [0, 0.1) is 5.82 Å². The first-order valence-electron chi connectivity index (χ1n) is 5.46. The average Bonchev–Trinajstić information content (AvgIpc) is 2.35. The van der Waals surface area contributed by atoms with Crippen LogP contribution < -0.4 is 0 Å². The van der Waals surface area contributed by atoms with Crippen molar-refractivity contribution >= 4 is 29.6 Å². The fourth-order valence-electron chi connectivity index (χ4n) is 1.30. The van der Waals surface area contributed by atoms with E-state index in [0.29, 0.717) is 0 Å². The van der Waals surface area contributed by atoms with Crippen LogP contribution in [0.4, 0.5) is 4.39 Å². The molecule has 0 aliphatic carbocycles. The summed E-state index contributed by atoms with van der Waals surface area (Å²) in [4.78, 5) is 23.5. The highest BCUT2D eigenvalue weighted by atomic mass is 35.5. The Morgan fingerprint density at radius 1 is 1.47 bits per heavy atom. The van der Waals surface area contributed by atoms with Crippen LogP contribution >= 0.6 is 11.6 Å². The van der Waals surface area contributed by atoms with Gasteiger partial charge in [-0.2, -0.15) is 0 Å². The molecule has 1 aromatic carbocycles. The Balaban J connectivity index is 2.87. The van der Waals surface area contributed by atoms with E-state index in [2.05, 4.69) is 0 Å². The zero-order valence-corrected chi connectivity index (χ0v) is 11.2. The van der Waals surface area contributed by atoms with Crippen LogP contribution in [0.5, 0.6) is 0 Å². The number of hydrogen-bond donors (Lipinski definition) is 1. The fourth-order valence-corrected chi connectivity index (χ4v) is 1.52. The van der Waals surface area contributed by atoms with Gasteiger partial charge in [-0.15, -0.1) is 0 Å². The van der Waals surface area contributed by atoms with Gasteiger partial charge in [0.05, 0.1) is 5.02 Å². The van der Waals surface area contributed by atoms with Crippen molar-refractivity contribution in [3.05, 3.63) is 40.7 Å². The van der Waals surface area contributed by atoms with Gasteiger partial charge in [0.2, 0.25) is 5.91 Å².